The molecule has 0 N–H and O–H groups in total. The average molecular weight is 164 g/mol. The standard InChI is InChI=1S/C10H12S/c1-9(11-2)8-10-6-4-3-5-7-10/h3-8H,1-2H3/b9-8+. The smallest absolute Gasteiger partial charge is 0.0140 e. The molecule has 0 atom stereocenters. The Bertz CT molecular complexity index is 236. The van der Waals surface area contributed by atoms with E-state index in [9.17, 15) is 0 Å². The molecule has 58 valence electrons. The van der Waals surface area contributed by atoms with E-state index < -0.39 is 0 Å². The summed E-state index contributed by atoms with van der Waals surface area (Å²) in [6.45, 7) is 2.12. The van der Waals surface area contributed by atoms with Gasteiger partial charge in [0, 0.05) is 0 Å². The van der Waals surface area contributed by atoms with Crippen molar-refractivity contribution in [3.63, 3.8) is 0 Å². The van der Waals surface area contributed by atoms with Crippen molar-refractivity contribution in [2.75, 3.05) is 6.26 Å². The zero-order valence-corrected chi connectivity index (χ0v) is 7.69. The van der Waals surface area contributed by atoms with E-state index in [1.54, 1.807) is 11.8 Å². The molecule has 1 aromatic rings. The molecule has 0 amide bonds. The lowest BCUT2D eigenvalue weighted by molar-refractivity contribution is 1.63. The van der Waals surface area contributed by atoms with Gasteiger partial charge in [-0.2, -0.15) is 0 Å². The predicted octanol–water partition coefficient (Wildman–Crippen LogP) is 3.41. The maximum absolute atomic E-state index is 2.19. The Morgan fingerprint density at radius 2 is 1.91 bits per heavy atom. The van der Waals surface area contributed by atoms with Gasteiger partial charge >= 0.3 is 0 Å². The van der Waals surface area contributed by atoms with Gasteiger partial charge in [0.25, 0.3) is 0 Å². The van der Waals surface area contributed by atoms with Gasteiger partial charge in [0.2, 0.25) is 0 Å². The SMILES string of the molecule is CS/C(C)=C/c1ccccc1. The molecule has 1 rings (SSSR count). The molecule has 0 bridgehead atoms. The summed E-state index contributed by atoms with van der Waals surface area (Å²) in [4.78, 5) is 1.34. The lowest BCUT2D eigenvalue weighted by atomic mass is 10.2. The second-order valence-corrected chi connectivity index (χ2v) is 3.42. The zero-order valence-electron chi connectivity index (χ0n) is 6.87. The van der Waals surface area contributed by atoms with Crippen LogP contribution in [0.2, 0.25) is 0 Å². The minimum Gasteiger partial charge on any atom is -0.134 e. The molecule has 0 spiro atoms. The zero-order chi connectivity index (χ0) is 8.10. The summed E-state index contributed by atoms with van der Waals surface area (Å²) in [5.74, 6) is 0. The van der Waals surface area contributed by atoms with Crippen molar-refractivity contribution in [2.24, 2.45) is 0 Å². The first kappa shape index (κ1) is 8.41. The van der Waals surface area contributed by atoms with Gasteiger partial charge in [-0.1, -0.05) is 30.3 Å². The molecule has 0 aliphatic rings. The van der Waals surface area contributed by atoms with Crippen LogP contribution in [0.1, 0.15) is 12.5 Å². The molecule has 0 unspecified atom stereocenters. The Kier molecular flexibility index (Phi) is 3.24. The minimum absolute atomic E-state index is 1.28. The van der Waals surface area contributed by atoms with Crippen LogP contribution in [-0.4, -0.2) is 6.26 Å². The monoisotopic (exact) mass is 164 g/mol. The molecule has 1 aromatic carbocycles. The van der Waals surface area contributed by atoms with Gasteiger partial charge < -0.3 is 0 Å². The van der Waals surface area contributed by atoms with Crippen molar-refractivity contribution in [1.29, 1.82) is 0 Å². The van der Waals surface area contributed by atoms with Crippen molar-refractivity contribution < 1.29 is 0 Å². The number of benzene rings is 1. The predicted molar refractivity (Wildman–Crippen MR) is 53.6 cm³/mol. The second-order valence-electron chi connectivity index (χ2n) is 2.37. The van der Waals surface area contributed by atoms with Gasteiger partial charge in [0.05, 0.1) is 0 Å². The summed E-state index contributed by atoms with van der Waals surface area (Å²) in [6, 6.07) is 10.4. The summed E-state index contributed by atoms with van der Waals surface area (Å²) >= 11 is 1.78. The molecule has 0 radical (unpaired) electrons. The molecule has 0 fully saturated rings. The summed E-state index contributed by atoms with van der Waals surface area (Å²) in [5, 5.41) is 0. The highest BCUT2D eigenvalue weighted by molar-refractivity contribution is 8.02. The van der Waals surface area contributed by atoms with Gasteiger partial charge in [-0.25, -0.2) is 0 Å². The van der Waals surface area contributed by atoms with E-state index >= 15 is 0 Å². The van der Waals surface area contributed by atoms with Crippen LogP contribution < -0.4 is 0 Å². The van der Waals surface area contributed by atoms with E-state index in [0.29, 0.717) is 0 Å². The maximum Gasteiger partial charge on any atom is -0.0140 e. The van der Waals surface area contributed by atoms with Crippen LogP contribution in [-0.2, 0) is 0 Å². The Morgan fingerprint density at radius 3 is 2.45 bits per heavy atom. The first-order valence-corrected chi connectivity index (χ1v) is 4.83. The highest BCUT2D eigenvalue weighted by Crippen LogP contribution is 2.14. The van der Waals surface area contributed by atoms with E-state index in [2.05, 4.69) is 43.5 Å². The lowest BCUT2D eigenvalue weighted by Gasteiger charge is -1.94. The average Bonchev–Trinajstić information content (AvgIpc) is 2.06. The molecular weight excluding hydrogens is 152 g/mol. The highest BCUT2D eigenvalue weighted by Gasteiger charge is 1.86. The Morgan fingerprint density at radius 1 is 1.27 bits per heavy atom. The molecular formula is C10H12S. The van der Waals surface area contributed by atoms with Crippen molar-refractivity contribution in [3.8, 4) is 0 Å². The van der Waals surface area contributed by atoms with Gasteiger partial charge in [0.1, 0.15) is 0 Å². The van der Waals surface area contributed by atoms with Crippen molar-refractivity contribution in [1.82, 2.24) is 0 Å². The molecule has 0 heterocycles. The molecule has 1 heteroatoms. The topological polar surface area (TPSA) is 0 Å². The number of allylic oxidation sites excluding steroid dienone is 1. The third-order valence-corrected chi connectivity index (χ3v) is 2.25. The quantitative estimate of drug-likeness (QED) is 0.645. The number of hydrogen-bond acceptors (Lipinski definition) is 1. The van der Waals surface area contributed by atoms with Gasteiger partial charge in [0.15, 0.2) is 0 Å². The summed E-state index contributed by atoms with van der Waals surface area (Å²) in [7, 11) is 0. The fraction of sp³-hybridized carbons (Fsp3) is 0.200. The largest absolute Gasteiger partial charge is 0.134 e. The third kappa shape index (κ3) is 2.81. The van der Waals surface area contributed by atoms with Gasteiger partial charge in [-0.05, 0) is 29.7 Å². The van der Waals surface area contributed by atoms with Crippen LogP contribution in [0.5, 0.6) is 0 Å². The maximum atomic E-state index is 2.19. The second kappa shape index (κ2) is 4.24. The Labute approximate surface area is 72.3 Å². The molecule has 0 aromatic heterocycles. The Hall–Kier alpha value is -0.690. The summed E-state index contributed by atoms with van der Waals surface area (Å²) in [6.07, 6.45) is 4.28. The van der Waals surface area contributed by atoms with Crippen molar-refractivity contribution in [3.05, 3.63) is 40.8 Å². The van der Waals surface area contributed by atoms with E-state index in [4.69, 9.17) is 0 Å². The molecule has 0 aliphatic heterocycles. The fourth-order valence-corrected chi connectivity index (χ4v) is 1.10. The van der Waals surface area contributed by atoms with E-state index in [1.807, 2.05) is 6.07 Å². The van der Waals surface area contributed by atoms with E-state index in [1.165, 1.54) is 10.5 Å². The molecule has 0 nitrogen and oxygen atoms in total. The fourth-order valence-electron chi connectivity index (χ4n) is 0.843. The van der Waals surface area contributed by atoms with Crippen LogP contribution in [0.3, 0.4) is 0 Å². The van der Waals surface area contributed by atoms with Gasteiger partial charge in [-0.15, -0.1) is 11.8 Å². The first-order valence-electron chi connectivity index (χ1n) is 3.60. The lowest BCUT2D eigenvalue weighted by Crippen LogP contribution is -1.70. The first-order chi connectivity index (χ1) is 5.33. The van der Waals surface area contributed by atoms with Crippen LogP contribution in [0.4, 0.5) is 0 Å². The molecule has 0 saturated carbocycles. The number of rotatable bonds is 2. The third-order valence-electron chi connectivity index (χ3n) is 1.49. The van der Waals surface area contributed by atoms with Crippen LogP contribution in [0, 0.1) is 0 Å². The number of thioether (sulfide) groups is 1. The van der Waals surface area contributed by atoms with Crippen LogP contribution in [0.15, 0.2) is 35.2 Å². The van der Waals surface area contributed by atoms with Crippen molar-refractivity contribution >= 4 is 17.8 Å². The van der Waals surface area contributed by atoms with Crippen molar-refractivity contribution in [2.45, 2.75) is 6.92 Å². The molecule has 0 saturated heterocycles. The minimum atomic E-state index is 1.28. The number of hydrogen-bond donors (Lipinski definition) is 0. The van der Waals surface area contributed by atoms with E-state index in [-0.39, 0.29) is 0 Å². The normalized spacial score (nSPS) is 11.6. The summed E-state index contributed by atoms with van der Waals surface area (Å²) in [5.41, 5.74) is 1.28. The van der Waals surface area contributed by atoms with E-state index in [0.717, 1.165) is 0 Å². The summed E-state index contributed by atoms with van der Waals surface area (Å²) < 4.78 is 0. The Balaban J connectivity index is 2.79. The van der Waals surface area contributed by atoms with Gasteiger partial charge in [-0.3, -0.25) is 0 Å². The van der Waals surface area contributed by atoms with Crippen LogP contribution in [0.25, 0.3) is 6.08 Å². The molecule has 11 heavy (non-hydrogen) atoms. The molecule has 0 aliphatic carbocycles. The van der Waals surface area contributed by atoms with Crippen LogP contribution >= 0.6 is 11.8 Å². The highest BCUT2D eigenvalue weighted by atomic mass is 32.2.